The molecule has 0 radical (unpaired) electrons. The maximum Gasteiger partial charge on any atom is 0.418 e. The van der Waals surface area contributed by atoms with Crippen LogP contribution in [-0.4, -0.2) is 398 Å². The molecule has 12 bridgehead atoms. The summed E-state index contributed by atoms with van der Waals surface area (Å²) < 4.78 is 214. The van der Waals surface area contributed by atoms with Crippen LogP contribution in [0.3, 0.4) is 0 Å². The molecule has 12 atom stereocenters. The molecule has 780 valence electrons. The van der Waals surface area contributed by atoms with Gasteiger partial charge >= 0.3 is 98.6 Å². The van der Waals surface area contributed by atoms with Crippen LogP contribution < -0.4 is 37.2 Å². The number of piperidine rings is 7. The second-order valence-electron chi connectivity index (χ2n) is 37.2. The molecule has 0 aromatic carbocycles. The first-order valence-corrected chi connectivity index (χ1v) is 55.6. The number of rotatable bonds is 30. The zero-order valence-electron chi connectivity index (χ0n) is 75.3. The molecule has 63 heteroatoms. The number of hydrogen-bond acceptors (Lipinski definition) is 33. The van der Waals surface area contributed by atoms with E-state index < -0.39 is 171 Å². The van der Waals surface area contributed by atoms with E-state index in [1.54, 1.807) is 0 Å². The quantitative estimate of drug-likeness (QED) is 0.0368. The van der Waals surface area contributed by atoms with Crippen molar-refractivity contribution in [1.82, 2.24) is 97.0 Å². The zero-order chi connectivity index (χ0) is 99.7. The Hall–Kier alpha value is -8.07. The minimum Gasteiger partial charge on any atom is -0.381 e. The molecule has 0 unspecified atom stereocenters. The molecule has 15 heterocycles. The Balaban J connectivity index is 0.000000140. The number of hydrogen-bond donors (Lipinski definition) is 13. The van der Waals surface area contributed by atoms with E-state index in [1.165, 1.54) is 48.7 Å². The number of ether oxygens (including phenoxy) is 1. The molecule has 138 heavy (non-hydrogen) atoms. The number of amides is 18. The normalized spacial score (nSPS) is 28.5. The van der Waals surface area contributed by atoms with Gasteiger partial charge in [-0.3, -0.25) is 56.1 Å². The SMILES string of the molecule is O=C(NCC1CC1)[C@@H]1CC[C@@H]2CN1C(=O)N2OS(=O)(=O)O.O=C(NCC1CCC1)[C@@H]1CC[C@@H]2CN1C(=O)N2OS(=O)(=O)O.O=C(NCC1CCCC1)[C@@H]1CC[C@@H]2CN1C(=O)N2OS(=O)(=O)O.O=C(NCC1CCNCC1)[C@@H]1CC[C@@H]2CN1C(=O)N2OS(=O)(=O)O.O=C(NCC1CCOCC1)[C@@H]1CC[C@@H]2CN1C(=O)N2OS(=O)(=O)O.O=C(NCC1CCSCC1)[C@@H]1CC[C@@H]2CN1C(=O)N2OS(=O)(=O)O. The van der Waals surface area contributed by atoms with Crippen molar-refractivity contribution in [3.05, 3.63) is 0 Å². The third kappa shape index (κ3) is 29.1. The van der Waals surface area contributed by atoms with E-state index >= 15 is 0 Å². The van der Waals surface area contributed by atoms with Gasteiger partial charge in [0.1, 0.15) is 36.3 Å². The summed E-state index contributed by atoms with van der Waals surface area (Å²) in [4.78, 5) is 155. The van der Waals surface area contributed by atoms with Gasteiger partial charge in [0.2, 0.25) is 35.4 Å². The summed E-state index contributed by atoms with van der Waals surface area (Å²) in [6.07, 6.45) is 21.5. The van der Waals surface area contributed by atoms with Gasteiger partial charge in [-0.15, -0.1) is 25.7 Å². The van der Waals surface area contributed by atoms with Crippen molar-refractivity contribution in [2.75, 3.05) is 116 Å². The van der Waals surface area contributed by atoms with Crippen LogP contribution in [0.15, 0.2) is 0 Å². The largest absolute Gasteiger partial charge is 0.418 e. The summed E-state index contributed by atoms with van der Waals surface area (Å²) in [7, 11) is -28.6. The Bertz CT molecular complexity index is 4900. The van der Waals surface area contributed by atoms with Crippen molar-refractivity contribution >= 4 is 146 Å². The van der Waals surface area contributed by atoms with E-state index in [0.717, 1.165) is 102 Å². The highest BCUT2D eigenvalue weighted by Gasteiger charge is 2.56. The summed E-state index contributed by atoms with van der Waals surface area (Å²) in [5.41, 5.74) is 0. The van der Waals surface area contributed by atoms with Crippen LogP contribution >= 0.6 is 11.8 Å². The van der Waals surface area contributed by atoms with E-state index in [1.807, 2.05) is 11.8 Å². The van der Waals surface area contributed by atoms with Crippen LogP contribution in [0, 0.1) is 35.5 Å². The smallest absolute Gasteiger partial charge is 0.381 e. The summed E-state index contributed by atoms with van der Waals surface area (Å²) in [6, 6.07) is -10.8. The molecule has 18 fully saturated rings. The number of fused-ring (bicyclic) bond motifs is 12. The predicted octanol–water partition coefficient (Wildman–Crippen LogP) is -1.40. The number of nitrogens with one attached hydrogen (secondary N) is 7. The van der Waals surface area contributed by atoms with E-state index in [0.29, 0.717) is 195 Å². The Morgan fingerprint density at radius 1 is 0.275 bits per heavy atom. The summed E-state index contributed by atoms with van der Waals surface area (Å²) >= 11 is 1.92. The van der Waals surface area contributed by atoms with E-state index in [9.17, 15) is 108 Å². The second-order valence-corrected chi connectivity index (χ2v) is 44.5. The van der Waals surface area contributed by atoms with Crippen molar-refractivity contribution in [2.45, 2.75) is 246 Å². The lowest BCUT2D eigenvalue weighted by Crippen LogP contribution is -2.50. The van der Waals surface area contributed by atoms with Gasteiger partial charge < -0.3 is 71.4 Å². The third-order valence-corrected chi connectivity index (χ3v) is 30.9. The molecule has 15 saturated heterocycles. The van der Waals surface area contributed by atoms with Crippen molar-refractivity contribution < 1.29 is 166 Å². The fourth-order valence-corrected chi connectivity index (χ4v) is 23.6. The second kappa shape index (κ2) is 46.1. The van der Waals surface area contributed by atoms with Crippen LogP contribution in [0.2, 0.25) is 0 Å². The summed E-state index contributed by atoms with van der Waals surface area (Å²) in [6.45, 7) is 8.12. The van der Waals surface area contributed by atoms with Gasteiger partial charge in [-0.25, -0.2) is 28.8 Å². The van der Waals surface area contributed by atoms with Crippen LogP contribution in [0.25, 0.3) is 0 Å². The van der Waals surface area contributed by atoms with Gasteiger partial charge in [0.05, 0.1) is 36.3 Å². The van der Waals surface area contributed by atoms with Crippen LogP contribution in [0.1, 0.15) is 173 Å². The van der Waals surface area contributed by atoms with Crippen molar-refractivity contribution in [3.63, 3.8) is 0 Å². The summed E-state index contributed by atoms with van der Waals surface area (Å²) in [5.74, 6) is 3.72. The number of thioether (sulfide) groups is 1. The molecule has 18 rings (SSSR count). The van der Waals surface area contributed by atoms with E-state index in [2.05, 4.69) is 62.9 Å². The minimum absolute atomic E-state index is 0.198. The average Bonchev–Trinajstić information content (AvgIpc) is 1.65. The van der Waals surface area contributed by atoms with Gasteiger partial charge in [-0.05, 0) is 214 Å². The third-order valence-electron chi connectivity index (χ3n) is 27.7. The maximum atomic E-state index is 12.4. The summed E-state index contributed by atoms with van der Waals surface area (Å²) in [5, 5.41) is 24.4. The molecular formula is C75H121N19O37S7. The Morgan fingerprint density at radius 2 is 0.471 bits per heavy atom. The fourth-order valence-electron chi connectivity index (χ4n) is 20.0. The standard InChI is InChI=1S/C13H22N4O6S.C13H21N3O7S.C13H21N3O6S2.C13H21N3O6S.C12H19N3O6S.C11H17N3O6S/c18-12(15-7-9-3-5-14-6-4-9)11-2-1-10-8-16(11)13(19)17(10)23-24(20,21)22;17-12(14-7-9-3-5-22-6-4-9)11-2-1-10-8-15(11)13(18)16(10)23-24(19,20)21;17-12(14-7-9-3-5-23-6-4-9)11-2-1-10-8-15(11)13(18)16(10)22-24(19,20)21;17-12(14-7-9-3-1-2-4-9)11-6-5-10-8-15(11)13(18)16(10)22-23(19,20)21;16-11(13-6-8-2-1-3-8)10-5-4-9-7-14(10)12(17)15(9)21-22(18,19)20;15-10(12-5-7-1-2-7)9-4-3-8-6-13(9)11(16)14(8)20-21(17,18)19/h9-11,14H,1-8H2,(H,15,18)(H,20,21,22);2*9-11H,1-8H2,(H,14,17)(H,19,20,21);9-11H,1-8H2,(H,14,17)(H,19,20,21);8-10H,1-7H2,(H,13,16)(H,18,19,20);7-9H,1-6H2,(H,12,15)(H,17,18,19)/t4*10-,11+;9-,10+;8-,9+/m111111/s1. The van der Waals surface area contributed by atoms with Gasteiger partial charge in [0.15, 0.2) is 0 Å². The molecule has 3 aliphatic carbocycles. The molecule has 15 aliphatic heterocycles. The molecule has 13 N–H and O–H groups in total. The number of carbonyl (C=O) groups excluding carboxylic acids is 12. The number of hydroxylamine groups is 12. The molecule has 0 aromatic heterocycles. The fraction of sp³-hybridized carbons (Fsp3) is 0.840. The monoisotopic (exact) mass is 2100 g/mol. The van der Waals surface area contributed by atoms with Gasteiger partial charge in [-0.2, -0.15) is 92.6 Å². The van der Waals surface area contributed by atoms with Crippen molar-refractivity contribution in [2.24, 2.45) is 35.5 Å². The molecular weight excluding hydrogens is 1980 g/mol. The van der Waals surface area contributed by atoms with Crippen LogP contribution in [0.4, 0.5) is 28.8 Å². The molecule has 56 nitrogen and oxygen atoms in total. The minimum atomic E-state index is -4.78. The molecule has 0 aromatic rings. The maximum absolute atomic E-state index is 12.4. The number of carbonyl (C=O) groups is 12. The number of nitrogens with zero attached hydrogens (tertiary/aromatic N) is 12. The Morgan fingerprint density at radius 3 is 0.674 bits per heavy atom. The average molecular weight is 2110 g/mol. The van der Waals surface area contributed by atoms with E-state index in [-0.39, 0.29) is 74.7 Å². The molecule has 3 saturated carbocycles. The highest BCUT2D eigenvalue weighted by molar-refractivity contribution is 7.99. The molecule has 0 spiro atoms. The van der Waals surface area contributed by atoms with Gasteiger partial charge in [-0.1, -0.05) is 19.3 Å². The Kier molecular flexibility index (Phi) is 35.8. The highest BCUT2D eigenvalue weighted by Crippen LogP contribution is 2.39. The Labute approximate surface area is 801 Å². The lowest BCUT2D eigenvalue weighted by molar-refractivity contribution is -0.127. The number of urea groups is 6. The van der Waals surface area contributed by atoms with Crippen LogP contribution in [0.5, 0.6) is 0 Å². The van der Waals surface area contributed by atoms with Crippen LogP contribution in [-0.2, 0) is 122 Å². The topological polar surface area (TPSA) is 719 Å². The zero-order valence-corrected chi connectivity index (χ0v) is 81.0. The first-order chi connectivity index (χ1) is 65.1. The highest BCUT2D eigenvalue weighted by atomic mass is 32.3. The lowest BCUT2D eigenvalue weighted by atomic mass is 9.85. The molecule has 18 amide bonds. The first-order valence-electron chi connectivity index (χ1n) is 46.2. The van der Waals surface area contributed by atoms with Crippen molar-refractivity contribution in [3.8, 4) is 0 Å². The van der Waals surface area contributed by atoms with Gasteiger partial charge in [0.25, 0.3) is 0 Å². The predicted molar refractivity (Wildman–Crippen MR) is 470 cm³/mol. The van der Waals surface area contributed by atoms with Gasteiger partial charge in [0, 0.05) is 91.8 Å². The lowest BCUT2D eigenvalue weighted by Gasteiger charge is -2.31. The van der Waals surface area contributed by atoms with Crippen molar-refractivity contribution in [1.29, 1.82) is 0 Å². The molecule has 18 aliphatic rings. The van der Waals surface area contributed by atoms with E-state index in [4.69, 9.17) is 32.1 Å². The first kappa shape index (κ1) is 107.